The number of piperidine rings is 1. The topological polar surface area (TPSA) is 81.1 Å². The van der Waals surface area contributed by atoms with Gasteiger partial charge in [0.2, 0.25) is 0 Å². The van der Waals surface area contributed by atoms with Gasteiger partial charge < -0.3 is 15.4 Å². The third kappa shape index (κ3) is 2.75. The number of methoxy groups -OCH3 is 1. The third-order valence-electron chi connectivity index (χ3n) is 5.19. The fraction of sp³-hybridized carbons (Fsp3) is 0.800. The van der Waals surface area contributed by atoms with Crippen molar-refractivity contribution in [2.45, 2.75) is 51.3 Å². The van der Waals surface area contributed by atoms with Gasteiger partial charge in [0.25, 0.3) is 5.91 Å². The van der Waals surface area contributed by atoms with E-state index in [2.05, 4.69) is 34.8 Å². The Morgan fingerprint density at radius 1 is 1.45 bits per heavy atom. The van der Waals surface area contributed by atoms with Gasteiger partial charge in [-0.3, -0.25) is 4.79 Å². The lowest BCUT2D eigenvalue weighted by Gasteiger charge is -2.51. The molecule has 0 aromatic carbocycles. The van der Waals surface area contributed by atoms with Crippen LogP contribution in [0.1, 0.15) is 49.6 Å². The average Bonchev–Trinajstić information content (AvgIpc) is 3.01. The number of carbonyl (C=O) groups excluding carboxylic acids is 1. The first kappa shape index (κ1) is 15.4. The molecule has 3 rings (SSSR count). The van der Waals surface area contributed by atoms with Crippen LogP contribution in [0.4, 0.5) is 0 Å². The van der Waals surface area contributed by atoms with Crippen LogP contribution in [0, 0.1) is 5.41 Å². The summed E-state index contributed by atoms with van der Waals surface area (Å²) in [6.07, 6.45) is 4.86. The maximum absolute atomic E-state index is 12.3. The molecule has 0 spiro atoms. The first-order chi connectivity index (χ1) is 10.5. The smallest absolute Gasteiger partial charge is 0.273 e. The maximum Gasteiger partial charge on any atom is 0.273 e. The predicted molar refractivity (Wildman–Crippen MR) is 81.6 cm³/mol. The average molecular weight is 307 g/mol. The minimum atomic E-state index is -0.146. The van der Waals surface area contributed by atoms with Crippen LogP contribution < -0.4 is 10.6 Å². The Bertz CT molecular complexity index is 536. The predicted octanol–water partition coefficient (Wildman–Crippen LogP) is 0.746. The van der Waals surface area contributed by atoms with Crippen LogP contribution in [0.15, 0.2) is 6.20 Å². The molecule has 1 saturated carbocycles. The summed E-state index contributed by atoms with van der Waals surface area (Å²) in [6, 6.07) is 0.460. The van der Waals surface area contributed by atoms with Crippen molar-refractivity contribution in [1.82, 2.24) is 25.6 Å². The number of hydrogen-bond donors (Lipinski definition) is 2. The minimum Gasteiger partial charge on any atom is -0.381 e. The van der Waals surface area contributed by atoms with Gasteiger partial charge in [-0.15, -0.1) is 5.10 Å². The van der Waals surface area contributed by atoms with E-state index >= 15 is 0 Å². The molecule has 7 heteroatoms. The summed E-state index contributed by atoms with van der Waals surface area (Å²) in [5.41, 5.74) is 0.352. The van der Waals surface area contributed by atoms with Crippen molar-refractivity contribution in [3.8, 4) is 0 Å². The van der Waals surface area contributed by atoms with Crippen molar-refractivity contribution >= 4 is 5.91 Å². The fourth-order valence-corrected chi connectivity index (χ4v) is 3.39. The third-order valence-corrected chi connectivity index (χ3v) is 5.19. The first-order valence-electron chi connectivity index (χ1n) is 7.98. The maximum atomic E-state index is 12.3. The second kappa shape index (κ2) is 5.96. The molecule has 0 bridgehead atoms. The van der Waals surface area contributed by atoms with Crippen molar-refractivity contribution in [2.24, 2.45) is 5.41 Å². The highest BCUT2D eigenvalue weighted by Crippen LogP contribution is 2.42. The second-order valence-corrected chi connectivity index (χ2v) is 6.87. The van der Waals surface area contributed by atoms with Crippen molar-refractivity contribution < 1.29 is 9.53 Å². The zero-order chi connectivity index (χ0) is 15.7. The van der Waals surface area contributed by atoms with Crippen LogP contribution in [0.3, 0.4) is 0 Å². The number of rotatable bonds is 4. The summed E-state index contributed by atoms with van der Waals surface area (Å²) in [6.45, 7) is 6.20. The molecule has 2 unspecified atom stereocenters. The summed E-state index contributed by atoms with van der Waals surface area (Å²) in [5.74, 6) is -0.146. The zero-order valence-electron chi connectivity index (χ0n) is 13.5. The van der Waals surface area contributed by atoms with E-state index in [4.69, 9.17) is 4.74 Å². The highest BCUT2D eigenvalue weighted by atomic mass is 16.5. The number of nitrogens with zero attached hydrogens (tertiary/aromatic N) is 3. The number of aromatic nitrogens is 3. The van der Waals surface area contributed by atoms with E-state index in [0.717, 1.165) is 32.4 Å². The SMILES string of the molecule is COC1CC(NC(=O)c2cn(C3CCNCC3)nn2)C1(C)C. The zero-order valence-corrected chi connectivity index (χ0v) is 13.5. The van der Waals surface area contributed by atoms with E-state index < -0.39 is 0 Å². The van der Waals surface area contributed by atoms with Crippen LogP contribution >= 0.6 is 0 Å². The molecule has 2 fully saturated rings. The lowest BCUT2D eigenvalue weighted by molar-refractivity contribution is -0.0942. The number of nitrogens with one attached hydrogen (secondary N) is 2. The van der Waals surface area contributed by atoms with Gasteiger partial charge in [0.1, 0.15) is 0 Å². The Kier molecular flexibility index (Phi) is 4.18. The molecule has 0 radical (unpaired) electrons. The Hall–Kier alpha value is -1.47. The van der Waals surface area contributed by atoms with E-state index in [1.54, 1.807) is 13.3 Å². The summed E-state index contributed by atoms with van der Waals surface area (Å²) >= 11 is 0. The Balaban J connectivity index is 1.60. The van der Waals surface area contributed by atoms with E-state index in [-0.39, 0.29) is 23.5 Å². The Labute approximate surface area is 130 Å². The molecule has 7 nitrogen and oxygen atoms in total. The normalized spacial score (nSPS) is 28.1. The molecule has 1 aromatic heterocycles. The van der Waals surface area contributed by atoms with E-state index in [1.165, 1.54) is 0 Å². The van der Waals surface area contributed by atoms with Gasteiger partial charge in [0.05, 0.1) is 18.3 Å². The monoisotopic (exact) mass is 307 g/mol. The van der Waals surface area contributed by atoms with Crippen LogP contribution in [0.5, 0.6) is 0 Å². The van der Waals surface area contributed by atoms with Gasteiger partial charge in [-0.1, -0.05) is 19.1 Å². The summed E-state index contributed by atoms with van der Waals surface area (Å²) in [4.78, 5) is 12.3. The molecule has 1 saturated heterocycles. The van der Waals surface area contributed by atoms with Gasteiger partial charge in [0.15, 0.2) is 5.69 Å². The molecule has 2 atom stereocenters. The van der Waals surface area contributed by atoms with E-state index in [1.807, 2.05) is 4.68 Å². The van der Waals surface area contributed by atoms with Gasteiger partial charge in [0, 0.05) is 18.6 Å². The van der Waals surface area contributed by atoms with Crippen LogP contribution in [-0.2, 0) is 4.74 Å². The number of carbonyl (C=O) groups is 1. The molecule has 1 aliphatic heterocycles. The largest absolute Gasteiger partial charge is 0.381 e. The molecule has 2 heterocycles. The van der Waals surface area contributed by atoms with Gasteiger partial charge in [-0.05, 0) is 32.4 Å². The molecule has 1 aliphatic carbocycles. The molecule has 22 heavy (non-hydrogen) atoms. The van der Waals surface area contributed by atoms with Gasteiger partial charge in [-0.2, -0.15) is 0 Å². The highest BCUT2D eigenvalue weighted by molar-refractivity contribution is 5.92. The highest BCUT2D eigenvalue weighted by Gasteiger charge is 2.49. The molecular formula is C15H25N5O2. The standard InChI is InChI=1S/C15H25N5O2/c1-15(2)12(8-13(15)22-3)17-14(21)11-9-20(19-18-11)10-4-6-16-7-5-10/h9-10,12-13,16H,4-8H2,1-3H3,(H,17,21). The van der Waals surface area contributed by atoms with E-state index in [9.17, 15) is 4.79 Å². The number of hydrogen-bond acceptors (Lipinski definition) is 5. The van der Waals surface area contributed by atoms with Crippen molar-refractivity contribution in [3.63, 3.8) is 0 Å². The molecule has 2 N–H and O–H groups in total. The van der Waals surface area contributed by atoms with Crippen molar-refractivity contribution in [1.29, 1.82) is 0 Å². The number of amides is 1. The van der Waals surface area contributed by atoms with Crippen molar-refractivity contribution in [3.05, 3.63) is 11.9 Å². The molecule has 2 aliphatic rings. The fourth-order valence-electron chi connectivity index (χ4n) is 3.39. The molecule has 1 amide bonds. The first-order valence-corrected chi connectivity index (χ1v) is 7.98. The lowest BCUT2D eigenvalue weighted by atomic mass is 9.64. The van der Waals surface area contributed by atoms with Crippen molar-refractivity contribution in [2.75, 3.05) is 20.2 Å². The van der Waals surface area contributed by atoms with E-state index in [0.29, 0.717) is 11.7 Å². The number of ether oxygens (including phenoxy) is 1. The molecular weight excluding hydrogens is 282 g/mol. The van der Waals surface area contributed by atoms with Gasteiger partial charge in [-0.25, -0.2) is 4.68 Å². The van der Waals surface area contributed by atoms with Crippen LogP contribution in [0.2, 0.25) is 0 Å². The molecule has 122 valence electrons. The second-order valence-electron chi connectivity index (χ2n) is 6.87. The quantitative estimate of drug-likeness (QED) is 0.858. The van der Waals surface area contributed by atoms with Crippen LogP contribution in [-0.4, -0.2) is 53.2 Å². The summed E-state index contributed by atoms with van der Waals surface area (Å²) < 4.78 is 7.25. The lowest BCUT2D eigenvalue weighted by Crippen LogP contribution is -2.61. The minimum absolute atomic E-state index is 0.0462. The van der Waals surface area contributed by atoms with Crippen LogP contribution in [0.25, 0.3) is 0 Å². The summed E-state index contributed by atoms with van der Waals surface area (Å²) in [5, 5.41) is 14.5. The Morgan fingerprint density at radius 3 is 2.82 bits per heavy atom. The molecule has 1 aromatic rings. The van der Waals surface area contributed by atoms with Gasteiger partial charge >= 0.3 is 0 Å². The Morgan fingerprint density at radius 2 is 2.18 bits per heavy atom. The summed E-state index contributed by atoms with van der Waals surface area (Å²) in [7, 11) is 1.72.